The molecule has 2 aromatic rings. The molecule has 2 aliphatic carbocycles. The number of rotatable bonds is 6. The number of amides is 4. The van der Waals surface area contributed by atoms with E-state index < -0.39 is 73.8 Å². The molecule has 2 saturated carbocycles. The summed E-state index contributed by atoms with van der Waals surface area (Å²) in [6.07, 6.45) is 7.24. The zero-order valence-electron chi connectivity index (χ0n) is 33.2. The fourth-order valence-electron chi connectivity index (χ4n) is 8.33. The molecule has 1 saturated heterocycles. The molecule has 0 bridgehead atoms. The number of allylic oxidation sites excluding steroid dienone is 1. The molecule has 1 aromatic carbocycles. The van der Waals surface area contributed by atoms with E-state index in [1.54, 1.807) is 27.7 Å². The average Bonchev–Trinajstić information content (AvgIpc) is 4.01. The summed E-state index contributed by atoms with van der Waals surface area (Å²) in [6, 6.07) is 5.58. The Labute approximate surface area is 333 Å². The van der Waals surface area contributed by atoms with Gasteiger partial charge in [0.05, 0.1) is 17.9 Å². The number of nitrogens with one attached hydrogen (secondary N) is 3. The predicted octanol–water partition coefficient (Wildman–Crippen LogP) is 5.43. The summed E-state index contributed by atoms with van der Waals surface area (Å²) in [5, 5.41) is 7.48. The maximum absolute atomic E-state index is 14.9. The fraction of sp³-hybridized carbons (Fsp3) is 0.634. The number of fused-ring (bicyclic) bond motifs is 5. The number of hydrogen-bond donors (Lipinski definition) is 3. The molecule has 310 valence electrons. The zero-order chi connectivity index (χ0) is 40.2. The molecular formula is C41H61N5O9S. The van der Waals surface area contributed by atoms with Crippen LogP contribution in [0.15, 0.2) is 36.4 Å². The van der Waals surface area contributed by atoms with Crippen molar-refractivity contribution in [1.29, 1.82) is 0 Å². The van der Waals surface area contributed by atoms with Crippen molar-refractivity contribution >= 4 is 44.6 Å². The molecule has 0 spiro atoms. The number of benzene rings is 1. The van der Waals surface area contributed by atoms with Crippen LogP contribution in [0.1, 0.15) is 103 Å². The maximum atomic E-state index is 14.9. The Kier molecular flexibility index (Phi) is 10.5. The van der Waals surface area contributed by atoms with Crippen molar-refractivity contribution in [2.45, 2.75) is 133 Å². The molecule has 5 aliphatic rings. The summed E-state index contributed by atoms with van der Waals surface area (Å²) in [5.41, 5.74) is -1.35. The van der Waals surface area contributed by atoms with E-state index in [2.05, 4.69) is 22.3 Å². The molecule has 3 aliphatic heterocycles. The van der Waals surface area contributed by atoms with Gasteiger partial charge in [0.25, 0.3) is 5.91 Å². The molecule has 15 heteroatoms. The number of carbonyl (C=O) groups excluding carboxylic acids is 4. The van der Waals surface area contributed by atoms with Gasteiger partial charge in [-0.2, -0.15) is 4.98 Å². The summed E-state index contributed by atoms with van der Waals surface area (Å²) in [5.74, 6) is -1.73. The normalized spacial score (nSPS) is 30.9. The van der Waals surface area contributed by atoms with Gasteiger partial charge in [-0.3, -0.25) is 19.1 Å². The lowest BCUT2D eigenvalue weighted by Gasteiger charge is -2.33. The van der Waals surface area contributed by atoms with Crippen molar-refractivity contribution in [1.82, 2.24) is 25.2 Å². The molecule has 3 N–H and O–H groups in total. The van der Waals surface area contributed by atoms with Crippen molar-refractivity contribution in [2.24, 2.45) is 17.8 Å². The second-order valence-electron chi connectivity index (χ2n) is 17.8. The largest absolute Gasteiger partial charge is 0.477 e. The second kappa shape index (κ2) is 14.8. The monoisotopic (exact) mass is 799 g/mol. The minimum absolute atomic E-state index is 0. The van der Waals surface area contributed by atoms with Crippen molar-refractivity contribution in [3.8, 4) is 11.8 Å². The summed E-state index contributed by atoms with van der Waals surface area (Å²) in [4.78, 5) is 62.8. The minimum atomic E-state index is -4.00. The molecule has 4 amide bonds. The topological polar surface area (TPSA) is 182 Å². The SMILES string of the molecule is C[C@H]1CC/C=C\[C@@H]2C[C@@]2(C(=O)NS(=O)(=O)C2(C)CC2)NC(=O)[C@@H]2C[C@@H](Oc3nc4c(c5ccccc35)CCCO4)CN2C(=O)C(NC(=O)OC(C)(C)C)[C@H](C)C1.[HH].[HH].[HH]. The van der Waals surface area contributed by atoms with E-state index in [0.29, 0.717) is 44.1 Å². The Hall–Kier alpha value is -4.40. The summed E-state index contributed by atoms with van der Waals surface area (Å²) in [6.45, 7) is 11.3. The van der Waals surface area contributed by atoms with Crippen LogP contribution in [0.5, 0.6) is 11.8 Å². The van der Waals surface area contributed by atoms with Crippen LogP contribution < -0.4 is 24.8 Å². The minimum Gasteiger partial charge on any atom is -0.477 e. The van der Waals surface area contributed by atoms with Crippen LogP contribution in [-0.2, 0) is 35.6 Å². The van der Waals surface area contributed by atoms with E-state index in [1.807, 2.05) is 43.3 Å². The molecule has 1 unspecified atom stereocenters. The van der Waals surface area contributed by atoms with E-state index in [-0.39, 0.29) is 35.5 Å². The second-order valence-corrected chi connectivity index (χ2v) is 20.0. The van der Waals surface area contributed by atoms with Gasteiger partial charge < -0.3 is 29.7 Å². The first kappa shape index (κ1) is 39.8. The van der Waals surface area contributed by atoms with Crippen LogP contribution in [-0.4, -0.2) is 89.3 Å². The third-order valence-electron chi connectivity index (χ3n) is 12.0. The first-order valence-corrected chi connectivity index (χ1v) is 21.4. The van der Waals surface area contributed by atoms with Gasteiger partial charge in [0.2, 0.25) is 33.6 Å². The van der Waals surface area contributed by atoms with Crippen LogP contribution in [0, 0.1) is 17.8 Å². The number of pyridine rings is 1. The zero-order valence-corrected chi connectivity index (χ0v) is 34.0. The van der Waals surface area contributed by atoms with Gasteiger partial charge in [-0.25, -0.2) is 13.2 Å². The van der Waals surface area contributed by atoms with Crippen molar-refractivity contribution in [3.05, 3.63) is 42.0 Å². The van der Waals surface area contributed by atoms with Gasteiger partial charge >= 0.3 is 6.09 Å². The number of sulfonamides is 1. The summed E-state index contributed by atoms with van der Waals surface area (Å²) >= 11 is 0. The Morgan fingerprint density at radius 3 is 2.55 bits per heavy atom. The molecule has 1 aromatic heterocycles. The Balaban J connectivity index is 0.00000256. The van der Waals surface area contributed by atoms with Gasteiger partial charge in [0.1, 0.15) is 29.3 Å². The molecule has 3 fully saturated rings. The van der Waals surface area contributed by atoms with Crippen LogP contribution >= 0.6 is 0 Å². The van der Waals surface area contributed by atoms with E-state index in [1.165, 1.54) is 4.90 Å². The van der Waals surface area contributed by atoms with Gasteiger partial charge in [-0.1, -0.05) is 44.2 Å². The molecule has 56 heavy (non-hydrogen) atoms. The van der Waals surface area contributed by atoms with E-state index in [9.17, 15) is 27.6 Å². The van der Waals surface area contributed by atoms with Crippen LogP contribution in [0.3, 0.4) is 0 Å². The lowest BCUT2D eigenvalue weighted by molar-refractivity contribution is -0.142. The van der Waals surface area contributed by atoms with Crippen LogP contribution in [0.4, 0.5) is 4.79 Å². The number of aryl methyl sites for hydroxylation is 1. The smallest absolute Gasteiger partial charge is 0.408 e. The van der Waals surface area contributed by atoms with Gasteiger partial charge in [0.15, 0.2) is 0 Å². The van der Waals surface area contributed by atoms with Crippen molar-refractivity contribution < 1.29 is 46.1 Å². The third-order valence-corrected chi connectivity index (χ3v) is 14.1. The van der Waals surface area contributed by atoms with E-state index in [4.69, 9.17) is 19.2 Å². The molecule has 4 heterocycles. The highest BCUT2D eigenvalue weighted by Crippen LogP contribution is 2.48. The lowest BCUT2D eigenvalue weighted by Crippen LogP contribution is -2.59. The summed E-state index contributed by atoms with van der Waals surface area (Å²) in [7, 11) is -4.00. The molecule has 7 atom stereocenters. The lowest BCUT2D eigenvalue weighted by atomic mass is 9.88. The molecule has 7 rings (SSSR count). The first-order chi connectivity index (χ1) is 26.4. The fourth-order valence-corrected chi connectivity index (χ4v) is 9.64. The van der Waals surface area contributed by atoms with Crippen molar-refractivity contribution in [3.63, 3.8) is 0 Å². The Morgan fingerprint density at radius 1 is 1.11 bits per heavy atom. The highest BCUT2D eigenvalue weighted by Gasteiger charge is 2.63. The quantitative estimate of drug-likeness (QED) is 0.319. The van der Waals surface area contributed by atoms with E-state index in [0.717, 1.165) is 35.6 Å². The predicted molar refractivity (Wildman–Crippen MR) is 215 cm³/mol. The number of hydrogen-bond acceptors (Lipinski definition) is 10. The maximum Gasteiger partial charge on any atom is 0.408 e. The van der Waals surface area contributed by atoms with E-state index >= 15 is 0 Å². The van der Waals surface area contributed by atoms with Crippen LogP contribution in [0.25, 0.3) is 10.8 Å². The number of ether oxygens (including phenoxy) is 3. The average molecular weight is 800 g/mol. The number of alkyl carbamates (subject to hydrolysis) is 1. The van der Waals surface area contributed by atoms with Crippen molar-refractivity contribution in [2.75, 3.05) is 13.2 Å². The number of nitrogens with zero attached hydrogens (tertiary/aromatic N) is 2. The highest BCUT2D eigenvalue weighted by atomic mass is 32.2. The van der Waals surface area contributed by atoms with Gasteiger partial charge in [0, 0.05) is 27.6 Å². The summed E-state index contributed by atoms with van der Waals surface area (Å²) < 4.78 is 45.8. The Bertz CT molecular complexity index is 2060. The van der Waals surface area contributed by atoms with Gasteiger partial charge in [-0.05, 0) is 102 Å². The van der Waals surface area contributed by atoms with Crippen LogP contribution in [0.2, 0.25) is 0 Å². The number of aromatic nitrogens is 1. The highest BCUT2D eigenvalue weighted by molar-refractivity contribution is 7.91. The number of carbonyl (C=O) groups is 4. The molecular weight excluding hydrogens is 739 g/mol. The first-order valence-electron chi connectivity index (χ1n) is 20.0. The van der Waals surface area contributed by atoms with Gasteiger partial charge in [-0.15, -0.1) is 0 Å². The molecule has 14 nitrogen and oxygen atoms in total. The third kappa shape index (κ3) is 8.05. The molecule has 0 radical (unpaired) electrons. The standard InChI is InChI=1S/C41H55N5O9S.3H2/c1-24-12-7-8-13-26-22-41(26,37(49)45-56(51,52)40(6)17-18-40)44-33(47)31-21-27(23-46(31)36(48)32(25(2)20-24)42-38(50)55-39(3,4)5)54-35-30-15-10-9-14-28(30)29-16-11-19-53-34(29)43-35;;;/h8-10,13-15,24-27,31-32H,7,11-12,16-23H2,1-6H3,(H,42,50)(H,44,47)(H,45,49);3*1H/b13-8-;;;/t24-,25+,26+,27+,31-,32?,41+;;;/m0.../s1. The Morgan fingerprint density at radius 2 is 1.84 bits per heavy atom.